The third kappa shape index (κ3) is 3.27. The van der Waals surface area contributed by atoms with E-state index in [4.69, 9.17) is 4.74 Å². The van der Waals surface area contributed by atoms with Crippen LogP contribution in [0.15, 0.2) is 60.7 Å². The van der Waals surface area contributed by atoms with Crippen LogP contribution in [0.2, 0.25) is 0 Å². The van der Waals surface area contributed by atoms with Gasteiger partial charge in [0.2, 0.25) is 5.91 Å². The highest BCUT2D eigenvalue weighted by Gasteiger charge is 2.50. The molecule has 0 bridgehead atoms. The molecule has 0 aliphatic carbocycles. The molecule has 2 aromatic carbocycles. The predicted octanol–water partition coefficient (Wildman–Crippen LogP) is 2.49. The van der Waals surface area contributed by atoms with Crippen molar-refractivity contribution in [3.63, 3.8) is 0 Å². The van der Waals surface area contributed by atoms with Crippen molar-refractivity contribution in [1.29, 1.82) is 0 Å². The summed E-state index contributed by atoms with van der Waals surface area (Å²) in [5, 5.41) is 3.05. The number of carbonyl (C=O) groups excluding carboxylic acids is 1. The molecular weight excluding hydrogens is 326 g/mol. The zero-order valence-electron chi connectivity index (χ0n) is 14.9. The smallest absolute Gasteiger partial charge is 0.247 e. The van der Waals surface area contributed by atoms with Gasteiger partial charge in [0.1, 0.15) is 17.9 Å². The summed E-state index contributed by atoms with van der Waals surface area (Å²) in [7, 11) is 0. The summed E-state index contributed by atoms with van der Waals surface area (Å²) in [4.78, 5) is 17.3. The number of hydrogen-bond donors (Lipinski definition) is 1. The Hall–Kier alpha value is -2.53. The largest absolute Gasteiger partial charge is 0.492 e. The van der Waals surface area contributed by atoms with E-state index in [1.165, 1.54) is 0 Å². The Balaban J connectivity index is 1.35. The first kappa shape index (κ1) is 16.9. The van der Waals surface area contributed by atoms with E-state index in [9.17, 15) is 4.79 Å². The average molecular weight is 351 g/mol. The molecule has 2 aliphatic rings. The number of rotatable bonds is 5. The van der Waals surface area contributed by atoms with E-state index in [2.05, 4.69) is 27.2 Å². The molecule has 2 aromatic rings. The standard InChI is InChI=1S/C21H25N3O2/c25-20-21(24(17-22-20)18-7-3-1-4-8-18)11-13-23(14-12-21)15-16-26-19-9-5-2-6-10-19/h1-10H,11-17H2,(H,22,25). The maximum absolute atomic E-state index is 12.6. The normalized spacial score (nSPS) is 19.5. The lowest BCUT2D eigenvalue weighted by Crippen LogP contribution is -2.56. The molecule has 5 heteroatoms. The van der Waals surface area contributed by atoms with Crippen molar-refractivity contribution < 1.29 is 9.53 Å². The van der Waals surface area contributed by atoms with Crippen molar-refractivity contribution in [2.75, 3.05) is 37.8 Å². The SMILES string of the molecule is O=C1NCN(c2ccccc2)C12CCN(CCOc1ccccc1)CC2. The van der Waals surface area contributed by atoms with Gasteiger partial charge in [0.05, 0.1) is 6.67 Å². The molecule has 1 amide bonds. The third-order valence-electron chi connectivity index (χ3n) is 5.51. The Labute approximate surface area is 154 Å². The minimum atomic E-state index is -0.405. The number of anilines is 1. The van der Waals surface area contributed by atoms with Gasteiger partial charge in [0, 0.05) is 25.3 Å². The molecule has 0 radical (unpaired) electrons. The molecule has 2 heterocycles. The topological polar surface area (TPSA) is 44.8 Å². The van der Waals surface area contributed by atoms with E-state index in [0.717, 1.165) is 43.9 Å². The lowest BCUT2D eigenvalue weighted by Gasteiger charge is -2.43. The Bertz CT molecular complexity index is 727. The van der Waals surface area contributed by atoms with Crippen LogP contribution >= 0.6 is 0 Å². The van der Waals surface area contributed by atoms with Gasteiger partial charge >= 0.3 is 0 Å². The Kier molecular flexibility index (Phi) is 4.80. The summed E-state index contributed by atoms with van der Waals surface area (Å²) >= 11 is 0. The summed E-state index contributed by atoms with van der Waals surface area (Å²) in [5.74, 6) is 1.08. The zero-order chi connectivity index (χ0) is 17.8. The first-order valence-corrected chi connectivity index (χ1v) is 9.29. The van der Waals surface area contributed by atoms with Crippen LogP contribution in [0.3, 0.4) is 0 Å². The van der Waals surface area contributed by atoms with Crippen LogP contribution in [0.25, 0.3) is 0 Å². The van der Waals surface area contributed by atoms with Crippen molar-refractivity contribution in [2.24, 2.45) is 0 Å². The highest BCUT2D eigenvalue weighted by atomic mass is 16.5. The number of hydrogen-bond acceptors (Lipinski definition) is 4. The minimum absolute atomic E-state index is 0.168. The molecule has 2 aliphatic heterocycles. The van der Waals surface area contributed by atoms with Crippen molar-refractivity contribution in [1.82, 2.24) is 10.2 Å². The maximum atomic E-state index is 12.6. The van der Waals surface area contributed by atoms with Crippen LogP contribution in [0.5, 0.6) is 5.75 Å². The summed E-state index contributed by atoms with van der Waals surface area (Å²) in [6.45, 7) is 3.98. The Morgan fingerprint density at radius 2 is 1.62 bits per heavy atom. The molecule has 5 nitrogen and oxygen atoms in total. The van der Waals surface area contributed by atoms with E-state index in [1.54, 1.807) is 0 Å². The molecule has 136 valence electrons. The number of benzene rings is 2. The lowest BCUT2D eigenvalue weighted by atomic mass is 9.85. The van der Waals surface area contributed by atoms with Gasteiger partial charge < -0.3 is 15.0 Å². The van der Waals surface area contributed by atoms with E-state index >= 15 is 0 Å². The fourth-order valence-electron chi connectivity index (χ4n) is 3.99. The van der Waals surface area contributed by atoms with Crippen LogP contribution in [0.4, 0.5) is 5.69 Å². The molecule has 2 fully saturated rings. The van der Waals surface area contributed by atoms with Crippen LogP contribution in [-0.2, 0) is 4.79 Å². The van der Waals surface area contributed by atoms with E-state index in [1.807, 2.05) is 48.5 Å². The highest BCUT2D eigenvalue weighted by Crippen LogP contribution is 2.36. The minimum Gasteiger partial charge on any atom is -0.492 e. The van der Waals surface area contributed by atoms with Gasteiger partial charge in [0.25, 0.3) is 0 Å². The number of carbonyl (C=O) groups is 1. The summed E-state index contributed by atoms with van der Waals surface area (Å²) < 4.78 is 5.81. The number of amides is 1. The summed E-state index contributed by atoms with van der Waals surface area (Å²) in [6, 6.07) is 20.2. The first-order chi connectivity index (χ1) is 12.8. The van der Waals surface area contributed by atoms with Crippen LogP contribution in [-0.4, -0.2) is 49.3 Å². The molecular formula is C21H25N3O2. The number of para-hydroxylation sites is 2. The van der Waals surface area contributed by atoms with Crippen LogP contribution < -0.4 is 15.0 Å². The number of likely N-dealkylation sites (tertiary alicyclic amines) is 1. The molecule has 1 spiro atoms. The maximum Gasteiger partial charge on any atom is 0.247 e. The Morgan fingerprint density at radius 3 is 2.31 bits per heavy atom. The second-order valence-electron chi connectivity index (χ2n) is 6.96. The zero-order valence-corrected chi connectivity index (χ0v) is 14.9. The van der Waals surface area contributed by atoms with Gasteiger partial charge in [-0.3, -0.25) is 9.69 Å². The second-order valence-corrected chi connectivity index (χ2v) is 6.96. The fourth-order valence-corrected chi connectivity index (χ4v) is 3.99. The Morgan fingerprint density at radius 1 is 0.962 bits per heavy atom. The van der Waals surface area contributed by atoms with Gasteiger partial charge in [-0.15, -0.1) is 0 Å². The monoisotopic (exact) mass is 351 g/mol. The molecule has 1 N–H and O–H groups in total. The summed E-state index contributed by atoms with van der Waals surface area (Å²) in [6.07, 6.45) is 1.69. The number of ether oxygens (including phenoxy) is 1. The van der Waals surface area contributed by atoms with E-state index in [-0.39, 0.29) is 5.91 Å². The molecule has 0 aromatic heterocycles. The van der Waals surface area contributed by atoms with Crippen molar-refractivity contribution in [3.05, 3.63) is 60.7 Å². The molecule has 2 saturated heterocycles. The van der Waals surface area contributed by atoms with Gasteiger partial charge in [0.15, 0.2) is 0 Å². The van der Waals surface area contributed by atoms with Crippen molar-refractivity contribution in [3.8, 4) is 5.75 Å². The average Bonchev–Trinajstić information content (AvgIpc) is 3.01. The lowest BCUT2D eigenvalue weighted by molar-refractivity contribution is -0.125. The van der Waals surface area contributed by atoms with Gasteiger partial charge in [-0.1, -0.05) is 36.4 Å². The summed E-state index contributed by atoms with van der Waals surface area (Å²) in [5.41, 5.74) is 0.713. The quantitative estimate of drug-likeness (QED) is 0.899. The number of nitrogens with zero attached hydrogens (tertiary/aromatic N) is 2. The van der Waals surface area contributed by atoms with Crippen molar-refractivity contribution in [2.45, 2.75) is 18.4 Å². The third-order valence-corrected chi connectivity index (χ3v) is 5.51. The number of piperidine rings is 1. The molecule has 0 atom stereocenters. The fraction of sp³-hybridized carbons (Fsp3) is 0.381. The first-order valence-electron chi connectivity index (χ1n) is 9.29. The number of nitrogens with one attached hydrogen (secondary N) is 1. The van der Waals surface area contributed by atoms with E-state index < -0.39 is 5.54 Å². The molecule has 26 heavy (non-hydrogen) atoms. The van der Waals surface area contributed by atoms with Crippen molar-refractivity contribution >= 4 is 11.6 Å². The van der Waals surface area contributed by atoms with Gasteiger partial charge in [-0.2, -0.15) is 0 Å². The van der Waals surface area contributed by atoms with Gasteiger partial charge in [-0.05, 0) is 37.1 Å². The van der Waals surface area contributed by atoms with Crippen LogP contribution in [0.1, 0.15) is 12.8 Å². The van der Waals surface area contributed by atoms with Crippen LogP contribution in [0, 0.1) is 0 Å². The highest BCUT2D eigenvalue weighted by molar-refractivity contribution is 5.93. The molecule has 0 unspecified atom stereocenters. The van der Waals surface area contributed by atoms with E-state index in [0.29, 0.717) is 13.3 Å². The molecule has 0 saturated carbocycles. The predicted molar refractivity (Wildman–Crippen MR) is 102 cm³/mol. The molecule has 4 rings (SSSR count). The van der Waals surface area contributed by atoms with Gasteiger partial charge in [-0.25, -0.2) is 0 Å². The second kappa shape index (κ2) is 7.38.